The zero-order valence-electron chi connectivity index (χ0n) is 16.5. The van der Waals surface area contributed by atoms with E-state index in [0.717, 1.165) is 21.5 Å². The Bertz CT molecular complexity index is 1210. The zero-order valence-corrected chi connectivity index (χ0v) is 19.6. The fraction of sp³-hybridized carbons (Fsp3) is 0.0870. The molecule has 0 aliphatic rings. The van der Waals surface area contributed by atoms with Gasteiger partial charge in [0.2, 0.25) is 0 Å². The van der Waals surface area contributed by atoms with Gasteiger partial charge in [0.25, 0.3) is 0 Å². The molecule has 0 radical (unpaired) electrons. The van der Waals surface area contributed by atoms with Gasteiger partial charge >= 0.3 is 0 Å². The molecule has 0 amide bonds. The number of carbonyl (C=O) groups excluding carboxylic acids is 1. The van der Waals surface area contributed by atoms with Crippen molar-refractivity contribution in [3.8, 4) is 22.8 Å². The molecular formula is C23H17BrClN3O2S. The number of hydrogen-bond acceptors (Lipinski definition) is 5. The van der Waals surface area contributed by atoms with Crippen LogP contribution in [0.1, 0.15) is 10.4 Å². The highest BCUT2D eigenvalue weighted by Crippen LogP contribution is 2.30. The number of ether oxygens (including phenoxy) is 1. The van der Waals surface area contributed by atoms with E-state index in [4.69, 9.17) is 16.3 Å². The molecule has 0 aliphatic carbocycles. The Morgan fingerprint density at radius 2 is 1.74 bits per heavy atom. The van der Waals surface area contributed by atoms with Gasteiger partial charge in [-0.15, -0.1) is 10.2 Å². The van der Waals surface area contributed by atoms with Gasteiger partial charge in [0.05, 0.1) is 12.9 Å². The van der Waals surface area contributed by atoms with Gasteiger partial charge in [-0.2, -0.15) is 0 Å². The van der Waals surface area contributed by atoms with Gasteiger partial charge in [0, 0.05) is 26.3 Å². The molecule has 1 aromatic heterocycles. The second kappa shape index (κ2) is 9.68. The minimum absolute atomic E-state index is 0.00845. The Labute approximate surface area is 197 Å². The van der Waals surface area contributed by atoms with Crippen LogP contribution in [0, 0.1) is 0 Å². The molecule has 0 unspecified atom stereocenters. The van der Waals surface area contributed by atoms with Crippen LogP contribution >= 0.6 is 39.3 Å². The average Bonchev–Trinajstić information content (AvgIpc) is 3.22. The number of halogens is 2. The SMILES string of the molecule is COc1ccc(-c2nnc(SCC(=O)c3ccccc3Br)n2-c2ccc(Cl)cc2)cc1. The van der Waals surface area contributed by atoms with E-state index in [9.17, 15) is 4.79 Å². The number of methoxy groups -OCH3 is 1. The smallest absolute Gasteiger partial charge is 0.196 e. The standard InChI is InChI=1S/C23H17BrClN3O2S/c1-30-18-12-6-15(7-13-18)22-26-27-23(28(22)17-10-8-16(25)9-11-17)31-14-21(29)19-4-2-3-5-20(19)24/h2-13H,14H2,1H3. The quantitative estimate of drug-likeness (QED) is 0.213. The first-order valence-corrected chi connectivity index (χ1v) is 11.5. The largest absolute Gasteiger partial charge is 0.497 e. The molecule has 4 aromatic rings. The first-order valence-electron chi connectivity index (χ1n) is 9.33. The molecule has 4 rings (SSSR count). The van der Waals surface area contributed by atoms with Crippen LogP contribution in [0.15, 0.2) is 82.4 Å². The highest BCUT2D eigenvalue weighted by Gasteiger charge is 2.18. The van der Waals surface area contributed by atoms with Crippen molar-refractivity contribution in [2.75, 3.05) is 12.9 Å². The predicted octanol–water partition coefficient (Wildman–Crippen LogP) is 6.33. The molecule has 0 N–H and O–H groups in total. The van der Waals surface area contributed by atoms with E-state index in [-0.39, 0.29) is 11.5 Å². The first kappa shape index (κ1) is 21.6. The molecule has 0 saturated heterocycles. The molecule has 5 nitrogen and oxygen atoms in total. The number of aromatic nitrogens is 3. The van der Waals surface area contributed by atoms with Crippen LogP contribution in [-0.2, 0) is 0 Å². The summed E-state index contributed by atoms with van der Waals surface area (Å²) in [5.41, 5.74) is 2.38. The molecule has 0 atom stereocenters. The lowest BCUT2D eigenvalue weighted by Gasteiger charge is -2.11. The molecular weight excluding hydrogens is 498 g/mol. The second-order valence-corrected chi connectivity index (χ2v) is 8.77. The minimum Gasteiger partial charge on any atom is -0.497 e. The summed E-state index contributed by atoms with van der Waals surface area (Å²) in [6, 6.07) is 22.4. The van der Waals surface area contributed by atoms with Gasteiger partial charge in [-0.3, -0.25) is 9.36 Å². The fourth-order valence-electron chi connectivity index (χ4n) is 3.01. The van der Waals surface area contributed by atoms with Crippen molar-refractivity contribution in [3.05, 3.63) is 87.9 Å². The van der Waals surface area contributed by atoms with Gasteiger partial charge < -0.3 is 4.74 Å². The number of rotatable bonds is 7. The second-order valence-electron chi connectivity index (χ2n) is 6.54. The van der Waals surface area contributed by atoms with Gasteiger partial charge in [-0.05, 0) is 54.6 Å². The Morgan fingerprint density at radius 1 is 1.03 bits per heavy atom. The Morgan fingerprint density at radius 3 is 2.42 bits per heavy atom. The number of hydrogen-bond donors (Lipinski definition) is 0. The van der Waals surface area contributed by atoms with E-state index < -0.39 is 0 Å². The predicted molar refractivity (Wildman–Crippen MR) is 128 cm³/mol. The number of nitrogens with zero attached hydrogens (tertiary/aromatic N) is 3. The third-order valence-corrected chi connectivity index (χ3v) is 6.45. The molecule has 3 aromatic carbocycles. The van der Waals surface area contributed by atoms with Crippen molar-refractivity contribution in [3.63, 3.8) is 0 Å². The van der Waals surface area contributed by atoms with Crippen molar-refractivity contribution < 1.29 is 9.53 Å². The molecule has 8 heteroatoms. The molecule has 0 saturated carbocycles. The molecule has 31 heavy (non-hydrogen) atoms. The highest BCUT2D eigenvalue weighted by atomic mass is 79.9. The summed E-state index contributed by atoms with van der Waals surface area (Å²) < 4.78 is 7.96. The third-order valence-electron chi connectivity index (χ3n) is 4.57. The summed E-state index contributed by atoms with van der Waals surface area (Å²) in [7, 11) is 1.63. The molecule has 0 fully saturated rings. The number of benzene rings is 3. The first-order chi connectivity index (χ1) is 15.1. The van der Waals surface area contributed by atoms with Gasteiger partial charge in [0.1, 0.15) is 5.75 Å². The van der Waals surface area contributed by atoms with E-state index >= 15 is 0 Å². The lowest BCUT2D eigenvalue weighted by Crippen LogP contribution is -2.05. The summed E-state index contributed by atoms with van der Waals surface area (Å²) in [5, 5.41) is 10.0. The summed E-state index contributed by atoms with van der Waals surface area (Å²) in [4.78, 5) is 12.7. The van der Waals surface area contributed by atoms with Gasteiger partial charge in [-0.1, -0.05) is 57.5 Å². The van der Waals surface area contributed by atoms with E-state index in [1.54, 1.807) is 13.2 Å². The molecule has 0 bridgehead atoms. The van der Waals surface area contributed by atoms with Crippen molar-refractivity contribution >= 4 is 45.1 Å². The maximum atomic E-state index is 12.7. The lowest BCUT2D eigenvalue weighted by molar-refractivity contribution is 0.102. The van der Waals surface area contributed by atoms with Crippen molar-refractivity contribution in [2.45, 2.75) is 5.16 Å². The fourth-order valence-corrected chi connectivity index (χ4v) is 4.48. The van der Waals surface area contributed by atoms with Crippen molar-refractivity contribution in [1.29, 1.82) is 0 Å². The van der Waals surface area contributed by atoms with E-state index in [2.05, 4.69) is 26.1 Å². The van der Waals surface area contributed by atoms with Crippen LogP contribution in [0.5, 0.6) is 5.75 Å². The lowest BCUT2D eigenvalue weighted by atomic mass is 10.1. The van der Waals surface area contributed by atoms with Crippen LogP contribution in [0.3, 0.4) is 0 Å². The molecule has 0 aliphatic heterocycles. The average molecular weight is 515 g/mol. The summed E-state index contributed by atoms with van der Waals surface area (Å²) in [6.45, 7) is 0. The normalized spacial score (nSPS) is 10.8. The number of ketones is 1. The number of carbonyl (C=O) groups is 1. The molecule has 0 spiro atoms. The van der Waals surface area contributed by atoms with Crippen LogP contribution in [0.25, 0.3) is 17.1 Å². The highest BCUT2D eigenvalue weighted by molar-refractivity contribution is 9.10. The maximum Gasteiger partial charge on any atom is 0.196 e. The zero-order chi connectivity index (χ0) is 21.8. The van der Waals surface area contributed by atoms with Gasteiger partial charge in [0.15, 0.2) is 16.8 Å². The van der Waals surface area contributed by atoms with E-state index in [1.807, 2.05) is 71.3 Å². The van der Waals surface area contributed by atoms with E-state index in [1.165, 1.54) is 11.8 Å². The summed E-state index contributed by atoms with van der Waals surface area (Å²) in [5.74, 6) is 1.67. The summed E-state index contributed by atoms with van der Waals surface area (Å²) in [6.07, 6.45) is 0. The Balaban J connectivity index is 1.68. The summed E-state index contributed by atoms with van der Waals surface area (Å²) >= 11 is 10.9. The van der Waals surface area contributed by atoms with E-state index in [0.29, 0.717) is 21.6 Å². The minimum atomic E-state index is 0.00845. The van der Waals surface area contributed by atoms with Crippen molar-refractivity contribution in [2.24, 2.45) is 0 Å². The van der Waals surface area contributed by atoms with Crippen LogP contribution in [0.4, 0.5) is 0 Å². The van der Waals surface area contributed by atoms with Gasteiger partial charge in [-0.25, -0.2) is 0 Å². The monoisotopic (exact) mass is 513 g/mol. The number of Topliss-reactive ketones (excluding diaryl/α,β-unsaturated/α-hetero) is 1. The van der Waals surface area contributed by atoms with Crippen LogP contribution in [-0.4, -0.2) is 33.4 Å². The van der Waals surface area contributed by atoms with Crippen LogP contribution < -0.4 is 4.74 Å². The maximum absolute atomic E-state index is 12.7. The number of thioether (sulfide) groups is 1. The Kier molecular flexibility index (Phi) is 6.75. The van der Waals surface area contributed by atoms with Crippen LogP contribution in [0.2, 0.25) is 5.02 Å². The Hall–Kier alpha value is -2.61. The third kappa shape index (κ3) is 4.84. The molecule has 1 heterocycles. The molecule has 156 valence electrons. The topological polar surface area (TPSA) is 57.0 Å². The van der Waals surface area contributed by atoms with Crippen molar-refractivity contribution in [1.82, 2.24) is 14.8 Å².